The van der Waals surface area contributed by atoms with E-state index in [2.05, 4.69) is 40.9 Å². The molecule has 35 heavy (non-hydrogen) atoms. The van der Waals surface area contributed by atoms with Crippen LogP contribution in [0.1, 0.15) is 36.5 Å². The van der Waals surface area contributed by atoms with E-state index in [4.69, 9.17) is 4.74 Å². The van der Waals surface area contributed by atoms with Crippen molar-refractivity contribution >= 4 is 34.4 Å². The molecule has 0 fully saturated rings. The molecule has 0 aliphatic rings. The number of carbonyl (C=O) groups excluding carboxylic acids is 2. The molecule has 0 saturated carbocycles. The fourth-order valence-corrected chi connectivity index (χ4v) is 4.19. The summed E-state index contributed by atoms with van der Waals surface area (Å²) in [5.74, 6) is 0.260. The molecule has 184 valence electrons. The Morgan fingerprint density at radius 1 is 0.971 bits per heavy atom. The Morgan fingerprint density at radius 2 is 1.69 bits per heavy atom. The Bertz CT molecular complexity index is 1090. The summed E-state index contributed by atoms with van der Waals surface area (Å²) in [6, 6.07) is 24.8. The largest absolute Gasteiger partial charge is 0.484 e. The van der Waals surface area contributed by atoms with Gasteiger partial charge >= 0.3 is 0 Å². The lowest BCUT2D eigenvalue weighted by atomic mass is 10.0. The monoisotopic (exact) mass is 584 g/mol. The van der Waals surface area contributed by atoms with E-state index < -0.39 is 6.04 Å². The Hall–Kier alpha value is -2.87. The minimum absolute atomic E-state index is 0.139. The molecule has 0 bridgehead atoms. The highest BCUT2D eigenvalue weighted by molar-refractivity contribution is 14.1. The first-order valence-corrected chi connectivity index (χ1v) is 13.1. The maximum Gasteiger partial charge on any atom is 0.261 e. The zero-order chi connectivity index (χ0) is 25.0. The molecule has 2 amide bonds. The van der Waals surface area contributed by atoms with E-state index in [0.717, 1.165) is 33.1 Å². The zero-order valence-electron chi connectivity index (χ0n) is 20.4. The van der Waals surface area contributed by atoms with Crippen molar-refractivity contribution in [2.45, 2.75) is 45.7 Å². The lowest BCUT2D eigenvalue weighted by Gasteiger charge is -2.31. The van der Waals surface area contributed by atoms with Gasteiger partial charge in [0.05, 0.1) is 0 Å². The smallest absolute Gasteiger partial charge is 0.261 e. The zero-order valence-corrected chi connectivity index (χ0v) is 22.5. The van der Waals surface area contributed by atoms with Gasteiger partial charge in [0.25, 0.3) is 5.91 Å². The van der Waals surface area contributed by atoms with Gasteiger partial charge in [0.15, 0.2) is 6.61 Å². The van der Waals surface area contributed by atoms with Gasteiger partial charge in [0.2, 0.25) is 5.91 Å². The molecule has 3 aromatic rings. The number of carbonyl (C=O) groups is 2. The standard InChI is InChI=1S/C29H33IN2O3/c1-3-4-17-31-29(34)27(19-23-10-6-5-7-11-23)32(20-24-12-8-9-22(2)18-24)28(33)21-35-26-15-13-25(30)14-16-26/h5-16,18,27H,3-4,17,19-21H2,1-2H3,(H,31,34). The third kappa shape index (κ3) is 8.69. The van der Waals surface area contributed by atoms with Gasteiger partial charge in [-0.15, -0.1) is 0 Å². The molecule has 0 radical (unpaired) electrons. The van der Waals surface area contributed by atoms with Gasteiger partial charge < -0.3 is 15.0 Å². The number of unbranched alkanes of at least 4 members (excludes halogenated alkanes) is 1. The van der Waals surface area contributed by atoms with Gasteiger partial charge in [-0.2, -0.15) is 0 Å². The van der Waals surface area contributed by atoms with Crippen LogP contribution in [-0.4, -0.2) is 35.9 Å². The van der Waals surface area contributed by atoms with E-state index in [0.29, 0.717) is 25.3 Å². The molecule has 1 N–H and O–H groups in total. The van der Waals surface area contributed by atoms with Crippen LogP contribution in [0.15, 0.2) is 78.9 Å². The summed E-state index contributed by atoms with van der Waals surface area (Å²) >= 11 is 2.23. The molecule has 0 aromatic heterocycles. The molecular weight excluding hydrogens is 551 g/mol. The van der Waals surface area contributed by atoms with Crippen LogP contribution in [0, 0.1) is 10.5 Å². The summed E-state index contributed by atoms with van der Waals surface area (Å²) in [5, 5.41) is 3.04. The second kappa shape index (κ2) is 13.9. The molecule has 0 heterocycles. The van der Waals surface area contributed by atoms with E-state index in [1.807, 2.05) is 79.7 Å². The lowest BCUT2D eigenvalue weighted by molar-refractivity contribution is -0.142. The minimum Gasteiger partial charge on any atom is -0.484 e. The summed E-state index contributed by atoms with van der Waals surface area (Å²) in [6.07, 6.45) is 2.31. The Morgan fingerprint density at radius 3 is 2.37 bits per heavy atom. The van der Waals surface area contributed by atoms with Crippen LogP contribution in [0.5, 0.6) is 5.75 Å². The number of aryl methyl sites for hydroxylation is 1. The summed E-state index contributed by atoms with van der Waals surface area (Å²) in [6.45, 7) is 4.89. The van der Waals surface area contributed by atoms with Crippen LogP contribution in [0.2, 0.25) is 0 Å². The highest BCUT2D eigenvalue weighted by atomic mass is 127. The number of amides is 2. The fourth-order valence-electron chi connectivity index (χ4n) is 3.83. The predicted octanol–water partition coefficient (Wildman–Crippen LogP) is 5.53. The topological polar surface area (TPSA) is 58.6 Å². The third-order valence-corrected chi connectivity index (χ3v) is 6.43. The van der Waals surface area contributed by atoms with Crippen molar-refractivity contribution in [1.82, 2.24) is 10.2 Å². The second-order valence-electron chi connectivity index (χ2n) is 8.60. The highest BCUT2D eigenvalue weighted by Gasteiger charge is 2.30. The van der Waals surface area contributed by atoms with Crippen molar-refractivity contribution in [2.24, 2.45) is 0 Å². The quantitative estimate of drug-likeness (QED) is 0.225. The molecular formula is C29H33IN2O3. The molecule has 0 saturated heterocycles. The van der Waals surface area contributed by atoms with Crippen molar-refractivity contribution < 1.29 is 14.3 Å². The molecule has 0 aliphatic heterocycles. The van der Waals surface area contributed by atoms with Crippen LogP contribution >= 0.6 is 22.6 Å². The Labute approximate surface area is 222 Å². The first-order valence-electron chi connectivity index (χ1n) is 12.0. The summed E-state index contributed by atoms with van der Waals surface area (Å²) < 4.78 is 6.91. The molecule has 1 unspecified atom stereocenters. The summed E-state index contributed by atoms with van der Waals surface area (Å²) in [7, 11) is 0. The molecule has 6 heteroatoms. The second-order valence-corrected chi connectivity index (χ2v) is 9.85. The van der Waals surface area contributed by atoms with Gasteiger partial charge in [-0.05, 0) is 71.3 Å². The van der Waals surface area contributed by atoms with E-state index in [1.54, 1.807) is 4.90 Å². The van der Waals surface area contributed by atoms with Gasteiger partial charge in [0, 0.05) is 23.1 Å². The fraction of sp³-hybridized carbons (Fsp3) is 0.310. The van der Waals surface area contributed by atoms with Gasteiger partial charge in [-0.1, -0.05) is 73.5 Å². The van der Waals surface area contributed by atoms with Gasteiger partial charge in [-0.25, -0.2) is 0 Å². The first kappa shape index (κ1) is 26.7. The molecule has 3 rings (SSSR count). The van der Waals surface area contributed by atoms with Crippen molar-refractivity contribution in [1.29, 1.82) is 0 Å². The Balaban J connectivity index is 1.87. The Kier molecular flexibility index (Phi) is 10.6. The predicted molar refractivity (Wildman–Crippen MR) is 148 cm³/mol. The number of ether oxygens (including phenoxy) is 1. The summed E-state index contributed by atoms with van der Waals surface area (Å²) in [5.41, 5.74) is 3.09. The van der Waals surface area contributed by atoms with Crippen molar-refractivity contribution in [3.05, 3.63) is 99.1 Å². The third-order valence-electron chi connectivity index (χ3n) is 5.71. The van der Waals surface area contributed by atoms with Gasteiger partial charge in [-0.3, -0.25) is 9.59 Å². The lowest BCUT2D eigenvalue weighted by Crippen LogP contribution is -2.51. The average molecular weight is 584 g/mol. The minimum atomic E-state index is -0.650. The molecule has 1 atom stereocenters. The van der Waals surface area contributed by atoms with E-state index >= 15 is 0 Å². The maximum absolute atomic E-state index is 13.6. The first-order chi connectivity index (χ1) is 17.0. The van der Waals surface area contributed by atoms with Crippen LogP contribution < -0.4 is 10.1 Å². The van der Waals surface area contributed by atoms with E-state index in [9.17, 15) is 9.59 Å². The average Bonchev–Trinajstić information content (AvgIpc) is 2.86. The van der Waals surface area contributed by atoms with Crippen LogP contribution in [0.4, 0.5) is 0 Å². The number of benzene rings is 3. The maximum atomic E-state index is 13.6. The number of halogens is 1. The number of rotatable bonds is 12. The van der Waals surface area contributed by atoms with Crippen LogP contribution in [-0.2, 0) is 22.6 Å². The highest BCUT2D eigenvalue weighted by Crippen LogP contribution is 2.18. The molecule has 0 spiro atoms. The van der Waals surface area contributed by atoms with Crippen molar-refractivity contribution in [2.75, 3.05) is 13.2 Å². The summed E-state index contributed by atoms with van der Waals surface area (Å²) in [4.78, 5) is 28.6. The molecule has 5 nitrogen and oxygen atoms in total. The van der Waals surface area contributed by atoms with E-state index in [-0.39, 0.29) is 18.4 Å². The van der Waals surface area contributed by atoms with E-state index in [1.165, 1.54) is 0 Å². The number of hydrogen-bond donors (Lipinski definition) is 1. The number of nitrogens with one attached hydrogen (secondary N) is 1. The SMILES string of the molecule is CCCCNC(=O)C(Cc1ccccc1)N(Cc1cccc(C)c1)C(=O)COc1ccc(I)cc1. The molecule has 3 aromatic carbocycles. The van der Waals surface area contributed by atoms with Gasteiger partial charge in [0.1, 0.15) is 11.8 Å². The number of hydrogen-bond acceptors (Lipinski definition) is 3. The van der Waals surface area contributed by atoms with Crippen LogP contribution in [0.3, 0.4) is 0 Å². The normalized spacial score (nSPS) is 11.5. The van der Waals surface area contributed by atoms with Crippen molar-refractivity contribution in [3.63, 3.8) is 0 Å². The van der Waals surface area contributed by atoms with Crippen LogP contribution in [0.25, 0.3) is 0 Å². The van der Waals surface area contributed by atoms with Crippen molar-refractivity contribution in [3.8, 4) is 5.75 Å². The number of nitrogens with zero attached hydrogens (tertiary/aromatic N) is 1. The molecule has 0 aliphatic carbocycles.